The zero-order valence-electron chi connectivity index (χ0n) is 13.3. The number of carbonyl (C=O) groups is 1. The molecule has 25 heavy (non-hydrogen) atoms. The lowest BCUT2D eigenvalue weighted by Crippen LogP contribution is -2.34. The number of oxazole rings is 1. The topological polar surface area (TPSA) is 118 Å². The third-order valence-corrected chi connectivity index (χ3v) is 3.44. The fraction of sp³-hybridized carbons (Fsp3) is 0.235. The summed E-state index contributed by atoms with van der Waals surface area (Å²) in [5.74, 6) is 0.323. The second-order valence-electron chi connectivity index (χ2n) is 5.29. The highest BCUT2D eigenvalue weighted by Crippen LogP contribution is 2.23. The average molecular weight is 343 g/mol. The van der Waals surface area contributed by atoms with Crippen molar-refractivity contribution >= 4 is 16.8 Å². The number of fused-ring (bicyclic) bond motifs is 1. The number of pyridine rings is 1. The molecule has 0 radical (unpaired) electrons. The molecule has 130 valence electrons. The second-order valence-corrected chi connectivity index (χ2v) is 5.29. The lowest BCUT2D eigenvalue weighted by Gasteiger charge is -2.07. The largest absolute Gasteiger partial charge is 0.482 e. The van der Waals surface area contributed by atoms with Gasteiger partial charge in [-0.2, -0.15) is 0 Å². The number of aliphatic hydroxyl groups is 2. The Balaban J connectivity index is 1.62. The van der Waals surface area contributed by atoms with Gasteiger partial charge in [0.2, 0.25) is 5.89 Å². The summed E-state index contributed by atoms with van der Waals surface area (Å²) >= 11 is 0. The number of carbonyl (C=O) groups excluding carboxylic acids is 1. The maximum absolute atomic E-state index is 11.9. The molecule has 3 aromatic rings. The molecule has 0 bridgehead atoms. The Hall–Kier alpha value is -2.97. The molecule has 1 unspecified atom stereocenters. The van der Waals surface area contributed by atoms with Gasteiger partial charge in [-0.1, -0.05) is 18.2 Å². The van der Waals surface area contributed by atoms with Gasteiger partial charge in [-0.3, -0.25) is 9.78 Å². The van der Waals surface area contributed by atoms with Gasteiger partial charge in [-0.05, 0) is 12.1 Å². The van der Waals surface area contributed by atoms with Crippen molar-refractivity contribution in [3.8, 4) is 5.75 Å². The van der Waals surface area contributed by atoms with E-state index < -0.39 is 18.6 Å². The maximum Gasteiger partial charge on any atom is 0.273 e. The lowest BCUT2D eigenvalue weighted by molar-refractivity contribution is 0.0798. The van der Waals surface area contributed by atoms with E-state index in [-0.39, 0.29) is 24.7 Å². The van der Waals surface area contributed by atoms with Crippen LogP contribution in [0.25, 0.3) is 10.9 Å². The number of aromatic nitrogens is 2. The summed E-state index contributed by atoms with van der Waals surface area (Å²) in [5.41, 5.74) is 0.798. The van der Waals surface area contributed by atoms with E-state index in [9.17, 15) is 9.90 Å². The van der Waals surface area contributed by atoms with Gasteiger partial charge in [-0.25, -0.2) is 4.98 Å². The summed E-state index contributed by atoms with van der Waals surface area (Å²) in [7, 11) is 0. The van der Waals surface area contributed by atoms with Crippen LogP contribution in [0.2, 0.25) is 0 Å². The van der Waals surface area contributed by atoms with Crippen LogP contribution in [0.5, 0.6) is 5.75 Å². The van der Waals surface area contributed by atoms with E-state index in [4.69, 9.17) is 14.3 Å². The summed E-state index contributed by atoms with van der Waals surface area (Å²) in [6.07, 6.45) is 1.88. The number of para-hydroxylation sites is 1. The molecule has 2 aromatic heterocycles. The number of benzene rings is 1. The van der Waals surface area contributed by atoms with E-state index >= 15 is 0 Å². The van der Waals surface area contributed by atoms with E-state index in [2.05, 4.69) is 15.3 Å². The average Bonchev–Trinajstić information content (AvgIpc) is 3.13. The van der Waals surface area contributed by atoms with Gasteiger partial charge >= 0.3 is 0 Å². The first-order valence-electron chi connectivity index (χ1n) is 7.65. The van der Waals surface area contributed by atoms with Crippen LogP contribution in [0.1, 0.15) is 16.4 Å². The fourth-order valence-electron chi connectivity index (χ4n) is 2.18. The van der Waals surface area contributed by atoms with Crippen LogP contribution in [0.4, 0.5) is 0 Å². The minimum Gasteiger partial charge on any atom is -0.482 e. The van der Waals surface area contributed by atoms with Gasteiger partial charge < -0.3 is 24.7 Å². The molecule has 0 aliphatic heterocycles. The van der Waals surface area contributed by atoms with Crippen LogP contribution >= 0.6 is 0 Å². The van der Waals surface area contributed by atoms with Crippen molar-refractivity contribution in [2.24, 2.45) is 0 Å². The van der Waals surface area contributed by atoms with Crippen molar-refractivity contribution in [1.29, 1.82) is 0 Å². The molecule has 8 nitrogen and oxygen atoms in total. The highest BCUT2D eigenvalue weighted by molar-refractivity contribution is 5.91. The van der Waals surface area contributed by atoms with E-state index in [1.807, 2.05) is 24.3 Å². The Morgan fingerprint density at radius 2 is 2.16 bits per heavy atom. The number of hydrogen-bond donors (Lipinski definition) is 3. The van der Waals surface area contributed by atoms with Crippen LogP contribution in [-0.4, -0.2) is 45.3 Å². The van der Waals surface area contributed by atoms with Gasteiger partial charge in [-0.15, -0.1) is 0 Å². The molecule has 1 aromatic carbocycles. The number of aliphatic hydroxyl groups excluding tert-OH is 2. The van der Waals surface area contributed by atoms with Gasteiger partial charge in [0.25, 0.3) is 5.91 Å². The van der Waals surface area contributed by atoms with Gasteiger partial charge in [0.1, 0.15) is 17.5 Å². The minimum atomic E-state index is -1.02. The number of rotatable bonds is 7. The van der Waals surface area contributed by atoms with Crippen LogP contribution in [0, 0.1) is 0 Å². The summed E-state index contributed by atoms with van der Waals surface area (Å²) in [6, 6.07) is 9.37. The molecular weight excluding hydrogens is 326 g/mol. The number of ether oxygens (including phenoxy) is 1. The molecule has 1 atom stereocenters. The van der Waals surface area contributed by atoms with Gasteiger partial charge in [0.05, 0.1) is 12.7 Å². The molecule has 2 heterocycles. The Kier molecular flexibility index (Phi) is 5.22. The summed E-state index contributed by atoms with van der Waals surface area (Å²) in [4.78, 5) is 20.2. The molecule has 3 rings (SSSR count). The molecule has 0 saturated heterocycles. The van der Waals surface area contributed by atoms with Crippen LogP contribution < -0.4 is 10.1 Å². The fourth-order valence-corrected chi connectivity index (χ4v) is 2.18. The third kappa shape index (κ3) is 4.11. The molecule has 0 fully saturated rings. The third-order valence-electron chi connectivity index (χ3n) is 3.44. The number of nitrogens with zero attached hydrogens (tertiary/aromatic N) is 2. The summed E-state index contributed by atoms with van der Waals surface area (Å²) < 4.78 is 10.9. The quantitative estimate of drug-likeness (QED) is 0.583. The van der Waals surface area contributed by atoms with Crippen LogP contribution in [0.15, 0.2) is 47.2 Å². The number of hydrogen-bond acceptors (Lipinski definition) is 7. The highest BCUT2D eigenvalue weighted by Gasteiger charge is 2.14. The first kappa shape index (κ1) is 16.9. The first-order valence-corrected chi connectivity index (χ1v) is 7.65. The van der Waals surface area contributed by atoms with Crippen molar-refractivity contribution < 1.29 is 24.2 Å². The Bertz CT molecular complexity index is 859. The van der Waals surface area contributed by atoms with E-state index in [1.54, 1.807) is 12.3 Å². The standard InChI is InChI=1S/C17H17N3O5/c21-8-12(22)7-19-17(23)13-9-25-15(20-13)10-24-14-5-1-3-11-4-2-6-18-16(11)14/h1-6,9,12,21-22H,7-8,10H2,(H,19,23). The zero-order valence-corrected chi connectivity index (χ0v) is 13.3. The molecular formula is C17H17N3O5. The van der Waals surface area contributed by atoms with Crippen molar-refractivity contribution in [3.63, 3.8) is 0 Å². The van der Waals surface area contributed by atoms with Gasteiger partial charge in [0, 0.05) is 18.1 Å². The molecule has 0 spiro atoms. The molecule has 0 aliphatic carbocycles. The smallest absolute Gasteiger partial charge is 0.273 e. The summed E-state index contributed by atoms with van der Waals surface area (Å²) in [5, 5.41) is 21.3. The predicted octanol–water partition coefficient (Wildman–Crippen LogP) is 0.885. The van der Waals surface area contributed by atoms with Crippen molar-refractivity contribution in [2.45, 2.75) is 12.7 Å². The van der Waals surface area contributed by atoms with Crippen molar-refractivity contribution in [1.82, 2.24) is 15.3 Å². The number of amides is 1. The lowest BCUT2D eigenvalue weighted by atomic mass is 10.2. The molecule has 0 aliphatic rings. The molecule has 1 amide bonds. The highest BCUT2D eigenvalue weighted by atomic mass is 16.5. The molecule has 3 N–H and O–H groups in total. The van der Waals surface area contributed by atoms with Crippen molar-refractivity contribution in [3.05, 3.63) is 54.4 Å². The second kappa shape index (κ2) is 7.73. The monoisotopic (exact) mass is 343 g/mol. The zero-order chi connectivity index (χ0) is 17.6. The van der Waals surface area contributed by atoms with Crippen LogP contribution in [-0.2, 0) is 6.61 Å². The van der Waals surface area contributed by atoms with Crippen LogP contribution in [0.3, 0.4) is 0 Å². The normalized spacial score (nSPS) is 12.1. The predicted molar refractivity (Wildman–Crippen MR) is 88.0 cm³/mol. The summed E-state index contributed by atoms with van der Waals surface area (Å²) in [6.45, 7) is -0.463. The Labute approximate surface area is 143 Å². The molecule has 8 heteroatoms. The number of nitrogens with one attached hydrogen (secondary N) is 1. The van der Waals surface area contributed by atoms with Gasteiger partial charge in [0.15, 0.2) is 12.3 Å². The minimum absolute atomic E-state index is 0.0439. The van der Waals surface area contributed by atoms with Crippen molar-refractivity contribution in [2.75, 3.05) is 13.2 Å². The Morgan fingerprint density at radius 3 is 3.00 bits per heavy atom. The Morgan fingerprint density at radius 1 is 1.32 bits per heavy atom. The SMILES string of the molecule is O=C(NCC(O)CO)c1coc(COc2cccc3cccnc23)n1. The van der Waals surface area contributed by atoms with E-state index in [0.29, 0.717) is 5.75 Å². The first-order chi connectivity index (χ1) is 12.2. The molecule has 0 saturated carbocycles. The van der Waals surface area contributed by atoms with E-state index in [0.717, 1.165) is 10.9 Å². The van der Waals surface area contributed by atoms with E-state index in [1.165, 1.54) is 6.26 Å². The maximum atomic E-state index is 11.9.